The molecule has 1 unspecified atom stereocenters. The van der Waals surface area contributed by atoms with Gasteiger partial charge in [0, 0.05) is 27.0 Å². The first-order valence-corrected chi connectivity index (χ1v) is 8.61. The summed E-state index contributed by atoms with van der Waals surface area (Å²) in [4.78, 5) is 1.28. The number of rotatable bonds is 3. The Morgan fingerprint density at radius 2 is 2.00 bits per heavy atom. The van der Waals surface area contributed by atoms with Crippen LogP contribution in [0.3, 0.4) is 0 Å². The Morgan fingerprint density at radius 1 is 1.20 bits per heavy atom. The van der Waals surface area contributed by atoms with Gasteiger partial charge in [0.2, 0.25) is 0 Å². The van der Waals surface area contributed by atoms with Crippen LogP contribution < -0.4 is 10.1 Å². The van der Waals surface area contributed by atoms with Gasteiger partial charge >= 0.3 is 0 Å². The molecule has 2 aromatic carbocycles. The van der Waals surface area contributed by atoms with Gasteiger partial charge in [-0.25, -0.2) is 0 Å². The minimum absolute atomic E-state index is 0.302. The largest absolute Gasteiger partial charge is 0.493 e. The number of hydrogen-bond acceptors (Lipinski definition) is 3. The average molecular weight is 350 g/mol. The molecule has 1 aliphatic rings. The van der Waals surface area contributed by atoms with E-state index in [1.807, 2.05) is 12.1 Å². The third-order valence-electron chi connectivity index (χ3n) is 3.44. The van der Waals surface area contributed by atoms with Gasteiger partial charge in [-0.15, -0.1) is 11.8 Å². The predicted octanol–water partition coefficient (Wildman–Crippen LogP) is 5.11. The van der Waals surface area contributed by atoms with E-state index in [1.165, 1.54) is 10.5 Å². The van der Waals surface area contributed by atoms with Crippen LogP contribution in [-0.2, 0) is 0 Å². The van der Waals surface area contributed by atoms with Gasteiger partial charge < -0.3 is 10.1 Å². The van der Waals surface area contributed by atoms with Crippen molar-refractivity contribution in [2.75, 3.05) is 18.2 Å². The van der Waals surface area contributed by atoms with E-state index in [9.17, 15) is 0 Å². The second-order valence-electron chi connectivity index (χ2n) is 4.74. The minimum Gasteiger partial charge on any atom is -0.493 e. The van der Waals surface area contributed by atoms with Crippen molar-refractivity contribution in [2.24, 2.45) is 0 Å². The summed E-state index contributed by atoms with van der Waals surface area (Å²) in [5.74, 6) is 0.984. The Labute approximate surface area is 132 Å². The van der Waals surface area contributed by atoms with Crippen LogP contribution in [-0.4, -0.2) is 12.9 Å². The number of benzene rings is 2. The minimum atomic E-state index is 0.302. The maximum absolute atomic E-state index is 5.72. The molecule has 1 atom stereocenters. The molecule has 20 heavy (non-hydrogen) atoms. The highest BCUT2D eigenvalue weighted by atomic mass is 79.9. The molecule has 0 aromatic heterocycles. The van der Waals surface area contributed by atoms with Crippen LogP contribution in [0.4, 0.5) is 5.69 Å². The molecule has 3 rings (SSSR count). The zero-order valence-electron chi connectivity index (χ0n) is 11.2. The maximum atomic E-state index is 5.72. The highest BCUT2D eigenvalue weighted by molar-refractivity contribution is 9.10. The van der Waals surface area contributed by atoms with Crippen LogP contribution in [0.5, 0.6) is 5.75 Å². The van der Waals surface area contributed by atoms with Gasteiger partial charge in [0.25, 0.3) is 0 Å². The van der Waals surface area contributed by atoms with Crippen LogP contribution in [0.2, 0.25) is 0 Å². The summed E-state index contributed by atoms with van der Waals surface area (Å²) in [6.45, 7) is 0.759. The highest BCUT2D eigenvalue weighted by Gasteiger charge is 2.21. The van der Waals surface area contributed by atoms with Gasteiger partial charge in [-0.05, 0) is 48.7 Å². The van der Waals surface area contributed by atoms with Crippen molar-refractivity contribution in [1.82, 2.24) is 0 Å². The predicted molar refractivity (Wildman–Crippen MR) is 88.8 cm³/mol. The third kappa shape index (κ3) is 2.96. The fourth-order valence-electron chi connectivity index (χ4n) is 2.40. The quantitative estimate of drug-likeness (QED) is 0.778. The van der Waals surface area contributed by atoms with Crippen LogP contribution in [0, 0.1) is 0 Å². The second kappa shape index (κ2) is 6.10. The zero-order valence-corrected chi connectivity index (χ0v) is 13.6. The molecule has 0 radical (unpaired) electrons. The molecule has 0 saturated heterocycles. The van der Waals surface area contributed by atoms with E-state index in [4.69, 9.17) is 4.74 Å². The summed E-state index contributed by atoms with van der Waals surface area (Å²) >= 11 is 5.30. The summed E-state index contributed by atoms with van der Waals surface area (Å²) in [7, 11) is 0. The Balaban J connectivity index is 1.83. The molecule has 4 heteroatoms. The number of ether oxygens (including phenoxy) is 1. The van der Waals surface area contributed by atoms with Crippen LogP contribution in [0.15, 0.2) is 51.8 Å². The fraction of sp³-hybridized carbons (Fsp3) is 0.250. The molecule has 0 spiro atoms. The Morgan fingerprint density at radius 3 is 2.75 bits per heavy atom. The molecule has 2 nitrogen and oxygen atoms in total. The van der Waals surface area contributed by atoms with Gasteiger partial charge in [-0.1, -0.05) is 15.9 Å². The van der Waals surface area contributed by atoms with Gasteiger partial charge in [-0.3, -0.25) is 0 Å². The normalized spacial score (nSPS) is 17.2. The van der Waals surface area contributed by atoms with Gasteiger partial charge in [-0.2, -0.15) is 0 Å². The van der Waals surface area contributed by atoms with E-state index in [-0.39, 0.29) is 0 Å². The first-order valence-electron chi connectivity index (χ1n) is 6.59. The zero-order chi connectivity index (χ0) is 13.9. The topological polar surface area (TPSA) is 21.3 Å². The smallest absolute Gasteiger partial charge is 0.124 e. The van der Waals surface area contributed by atoms with E-state index >= 15 is 0 Å². The number of anilines is 1. The molecular weight excluding hydrogens is 334 g/mol. The van der Waals surface area contributed by atoms with Crippen molar-refractivity contribution >= 4 is 33.4 Å². The van der Waals surface area contributed by atoms with E-state index < -0.39 is 0 Å². The first kappa shape index (κ1) is 13.8. The van der Waals surface area contributed by atoms with E-state index in [1.54, 1.807) is 11.8 Å². The van der Waals surface area contributed by atoms with Crippen molar-refractivity contribution < 1.29 is 4.74 Å². The van der Waals surface area contributed by atoms with E-state index in [0.29, 0.717) is 6.04 Å². The monoisotopic (exact) mass is 349 g/mol. The number of fused-ring (bicyclic) bond motifs is 1. The van der Waals surface area contributed by atoms with E-state index in [2.05, 4.69) is 57.8 Å². The Kier molecular flexibility index (Phi) is 4.22. The first-order chi connectivity index (χ1) is 9.76. The van der Waals surface area contributed by atoms with Gasteiger partial charge in [0.05, 0.1) is 12.6 Å². The second-order valence-corrected chi connectivity index (χ2v) is 6.54. The lowest BCUT2D eigenvalue weighted by molar-refractivity contribution is 0.274. The fourth-order valence-corrected chi connectivity index (χ4v) is 3.19. The van der Waals surface area contributed by atoms with Crippen molar-refractivity contribution in [3.8, 4) is 5.75 Å². The van der Waals surface area contributed by atoms with E-state index in [0.717, 1.165) is 28.9 Å². The van der Waals surface area contributed by atoms with Gasteiger partial charge in [0.1, 0.15) is 5.75 Å². The Bertz CT molecular complexity index is 600. The lowest BCUT2D eigenvalue weighted by Crippen LogP contribution is -2.20. The lowest BCUT2D eigenvalue weighted by Gasteiger charge is -2.27. The number of thioether (sulfide) groups is 1. The molecule has 1 N–H and O–H groups in total. The summed E-state index contributed by atoms with van der Waals surface area (Å²) < 4.78 is 6.81. The van der Waals surface area contributed by atoms with Crippen molar-refractivity contribution in [3.63, 3.8) is 0 Å². The number of halogens is 1. The van der Waals surface area contributed by atoms with Crippen LogP contribution >= 0.6 is 27.7 Å². The molecule has 1 heterocycles. The van der Waals surface area contributed by atoms with Crippen LogP contribution in [0.1, 0.15) is 18.0 Å². The molecule has 104 valence electrons. The number of nitrogens with one attached hydrogen (secondary N) is 1. The summed E-state index contributed by atoms with van der Waals surface area (Å²) in [6.07, 6.45) is 3.07. The molecule has 1 aliphatic heterocycles. The average Bonchev–Trinajstić information content (AvgIpc) is 2.49. The Hall–Kier alpha value is -1.13. The SMILES string of the molecule is CSc1ccc(NC2CCOc3ccc(Br)cc32)cc1. The molecule has 0 saturated carbocycles. The van der Waals surface area contributed by atoms with Crippen molar-refractivity contribution in [2.45, 2.75) is 17.4 Å². The lowest BCUT2D eigenvalue weighted by atomic mass is 10.0. The van der Waals surface area contributed by atoms with Crippen molar-refractivity contribution in [3.05, 3.63) is 52.5 Å². The molecule has 0 bridgehead atoms. The third-order valence-corrected chi connectivity index (χ3v) is 4.68. The maximum Gasteiger partial charge on any atom is 0.124 e. The summed E-state index contributed by atoms with van der Waals surface area (Å²) in [5, 5.41) is 3.61. The molecule has 0 aliphatic carbocycles. The van der Waals surface area contributed by atoms with Crippen LogP contribution in [0.25, 0.3) is 0 Å². The van der Waals surface area contributed by atoms with Crippen molar-refractivity contribution in [1.29, 1.82) is 0 Å². The standard InChI is InChI=1S/C16H16BrNOS/c1-20-13-5-3-12(4-6-13)18-15-8-9-19-16-7-2-11(17)10-14(15)16/h2-7,10,15,18H,8-9H2,1H3. The summed E-state index contributed by atoms with van der Waals surface area (Å²) in [5.41, 5.74) is 2.38. The molecule has 0 amide bonds. The number of hydrogen-bond donors (Lipinski definition) is 1. The highest BCUT2D eigenvalue weighted by Crippen LogP contribution is 2.36. The molecular formula is C16H16BrNOS. The van der Waals surface area contributed by atoms with Gasteiger partial charge in [0.15, 0.2) is 0 Å². The summed E-state index contributed by atoms with van der Waals surface area (Å²) in [6, 6.07) is 15.1. The molecule has 0 fully saturated rings. The molecule has 2 aromatic rings.